The second kappa shape index (κ2) is 9.53. The molecule has 0 radical (unpaired) electrons. The number of hydrogen-bond acceptors (Lipinski definition) is 5. The summed E-state index contributed by atoms with van der Waals surface area (Å²) in [5, 5.41) is 9.28. The van der Waals surface area contributed by atoms with Crippen molar-refractivity contribution in [1.82, 2.24) is 0 Å². The molecule has 124 valence electrons. The standard InChI is InChI=1S/C16H24O6/c1-11(2)15-13(7-21-9-19-3)5-12(16(17)18)6-14(15)8-22-10-20-4/h5-6,11H,7-10H2,1-4H3,(H,17,18). The Balaban J connectivity index is 3.15. The first-order chi connectivity index (χ1) is 10.5. The van der Waals surface area contributed by atoms with E-state index in [-0.39, 0.29) is 25.1 Å². The molecule has 0 bridgehead atoms. The van der Waals surface area contributed by atoms with Crippen molar-refractivity contribution in [3.8, 4) is 0 Å². The van der Waals surface area contributed by atoms with Gasteiger partial charge < -0.3 is 24.1 Å². The van der Waals surface area contributed by atoms with E-state index in [0.717, 1.165) is 16.7 Å². The normalized spacial score (nSPS) is 11.1. The summed E-state index contributed by atoms with van der Waals surface area (Å²) < 4.78 is 20.5. The van der Waals surface area contributed by atoms with Crippen LogP contribution in [-0.4, -0.2) is 38.9 Å². The summed E-state index contributed by atoms with van der Waals surface area (Å²) in [7, 11) is 3.09. The maximum absolute atomic E-state index is 11.3. The zero-order valence-electron chi connectivity index (χ0n) is 13.5. The molecule has 1 N–H and O–H groups in total. The van der Waals surface area contributed by atoms with Crippen molar-refractivity contribution in [2.75, 3.05) is 27.8 Å². The van der Waals surface area contributed by atoms with E-state index in [1.54, 1.807) is 26.4 Å². The third-order valence-corrected chi connectivity index (χ3v) is 3.09. The number of ether oxygens (including phenoxy) is 4. The number of hydrogen-bond donors (Lipinski definition) is 1. The van der Waals surface area contributed by atoms with E-state index in [9.17, 15) is 9.90 Å². The first-order valence-electron chi connectivity index (χ1n) is 7.03. The van der Waals surface area contributed by atoms with Gasteiger partial charge in [-0.3, -0.25) is 0 Å². The van der Waals surface area contributed by atoms with Crippen molar-refractivity contribution in [3.05, 3.63) is 34.4 Å². The van der Waals surface area contributed by atoms with Gasteiger partial charge in [0.2, 0.25) is 0 Å². The quantitative estimate of drug-likeness (QED) is 0.529. The SMILES string of the molecule is COCOCc1cc(C(=O)O)cc(COCOC)c1C(C)C. The van der Waals surface area contributed by atoms with E-state index >= 15 is 0 Å². The van der Waals surface area contributed by atoms with Crippen LogP contribution in [0.1, 0.15) is 46.8 Å². The number of methoxy groups -OCH3 is 2. The van der Waals surface area contributed by atoms with Crippen LogP contribution in [0.15, 0.2) is 12.1 Å². The minimum atomic E-state index is -0.976. The number of aromatic carboxylic acids is 1. The number of carbonyl (C=O) groups is 1. The highest BCUT2D eigenvalue weighted by Gasteiger charge is 2.17. The van der Waals surface area contributed by atoms with E-state index in [2.05, 4.69) is 13.8 Å². The minimum absolute atomic E-state index is 0.157. The van der Waals surface area contributed by atoms with Gasteiger partial charge in [-0.05, 0) is 34.7 Å². The first kappa shape index (κ1) is 18.6. The Labute approximate surface area is 130 Å². The molecule has 0 unspecified atom stereocenters. The van der Waals surface area contributed by atoms with Gasteiger partial charge in [-0.15, -0.1) is 0 Å². The van der Waals surface area contributed by atoms with Crippen molar-refractivity contribution >= 4 is 5.97 Å². The summed E-state index contributed by atoms with van der Waals surface area (Å²) in [6, 6.07) is 3.29. The molecule has 22 heavy (non-hydrogen) atoms. The molecule has 6 nitrogen and oxygen atoms in total. The Morgan fingerprint density at radius 1 is 1.05 bits per heavy atom. The van der Waals surface area contributed by atoms with Gasteiger partial charge in [-0.2, -0.15) is 0 Å². The number of carboxylic acid groups (broad SMARTS) is 1. The molecule has 0 heterocycles. The predicted molar refractivity (Wildman–Crippen MR) is 80.8 cm³/mol. The lowest BCUT2D eigenvalue weighted by molar-refractivity contribution is -0.0411. The maximum atomic E-state index is 11.3. The van der Waals surface area contributed by atoms with E-state index < -0.39 is 5.97 Å². The molecular weight excluding hydrogens is 288 g/mol. The summed E-state index contributed by atoms with van der Waals surface area (Å²) in [5.74, 6) is -0.763. The Bertz CT molecular complexity index is 453. The molecule has 6 heteroatoms. The van der Waals surface area contributed by atoms with Crippen molar-refractivity contribution in [2.45, 2.75) is 33.0 Å². The van der Waals surface area contributed by atoms with Crippen molar-refractivity contribution < 1.29 is 28.8 Å². The van der Waals surface area contributed by atoms with E-state index in [0.29, 0.717) is 13.2 Å². The molecule has 0 aliphatic heterocycles. The van der Waals surface area contributed by atoms with Gasteiger partial charge in [0.15, 0.2) is 0 Å². The van der Waals surface area contributed by atoms with Gasteiger partial charge >= 0.3 is 5.97 Å². The van der Waals surface area contributed by atoms with Crippen LogP contribution in [0.4, 0.5) is 0 Å². The van der Waals surface area contributed by atoms with Crippen LogP contribution >= 0.6 is 0 Å². The molecule has 0 spiro atoms. The summed E-state index contributed by atoms with van der Waals surface area (Å²) >= 11 is 0. The third-order valence-electron chi connectivity index (χ3n) is 3.09. The van der Waals surface area contributed by atoms with E-state index in [4.69, 9.17) is 18.9 Å². The Kier molecular flexibility index (Phi) is 8.05. The fraction of sp³-hybridized carbons (Fsp3) is 0.562. The zero-order valence-corrected chi connectivity index (χ0v) is 13.5. The highest BCUT2D eigenvalue weighted by Crippen LogP contribution is 2.27. The molecule has 1 aromatic carbocycles. The molecule has 0 aliphatic carbocycles. The second-order valence-electron chi connectivity index (χ2n) is 5.18. The van der Waals surface area contributed by atoms with Crippen LogP contribution in [-0.2, 0) is 32.2 Å². The van der Waals surface area contributed by atoms with Crippen LogP contribution in [0.2, 0.25) is 0 Å². The average molecular weight is 312 g/mol. The maximum Gasteiger partial charge on any atom is 0.335 e. The van der Waals surface area contributed by atoms with Crippen LogP contribution in [0.25, 0.3) is 0 Å². The van der Waals surface area contributed by atoms with Gasteiger partial charge in [-0.1, -0.05) is 13.8 Å². The summed E-state index contributed by atoms with van der Waals surface area (Å²) in [6.07, 6.45) is 0. The monoisotopic (exact) mass is 312 g/mol. The molecule has 0 fully saturated rings. The van der Waals surface area contributed by atoms with Gasteiger partial charge in [0.1, 0.15) is 13.6 Å². The van der Waals surface area contributed by atoms with Crippen LogP contribution < -0.4 is 0 Å². The molecular formula is C16H24O6. The topological polar surface area (TPSA) is 74.2 Å². The van der Waals surface area contributed by atoms with Gasteiger partial charge in [0, 0.05) is 14.2 Å². The molecule has 0 aromatic heterocycles. The largest absolute Gasteiger partial charge is 0.478 e. The Morgan fingerprint density at radius 3 is 1.82 bits per heavy atom. The van der Waals surface area contributed by atoms with Crippen molar-refractivity contribution in [3.63, 3.8) is 0 Å². The molecule has 1 rings (SSSR count). The summed E-state index contributed by atoms with van der Waals surface area (Å²) in [6.45, 7) is 5.00. The fourth-order valence-electron chi connectivity index (χ4n) is 2.35. The van der Waals surface area contributed by atoms with Crippen molar-refractivity contribution in [2.24, 2.45) is 0 Å². The lowest BCUT2D eigenvalue weighted by Gasteiger charge is -2.19. The zero-order chi connectivity index (χ0) is 16.5. The smallest absolute Gasteiger partial charge is 0.335 e. The molecule has 1 aromatic rings. The Hall–Kier alpha value is -1.47. The van der Waals surface area contributed by atoms with Crippen LogP contribution in [0.5, 0.6) is 0 Å². The minimum Gasteiger partial charge on any atom is -0.478 e. The Morgan fingerprint density at radius 2 is 1.50 bits per heavy atom. The van der Waals surface area contributed by atoms with E-state index in [1.807, 2.05) is 0 Å². The number of rotatable bonds is 10. The number of benzene rings is 1. The van der Waals surface area contributed by atoms with Gasteiger partial charge in [-0.25, -0.2) is 4.79 Å². The lowest BCUT2D eigenvalue weighted by Crippen LogP contribution is -2.10. The number of carboxylic acids is 1. The third kappa shape index (κ3) is 5.38. The molecule has 0 saturated heterocycles. The first-order valence-corrected chi connectivity index (χ1v) is 7.03. The molecule has 0 aliphatic rings. The summed E-state index contributed by atoms with van der Waals surface area (Å²) in [4.78, 5) is 11.3. The second-order valence-corrected chi connectivity index (χ2v) is 5.18. The summed E-state index contributed by atoms with van der Waals surface area (Å²) in [5.41, 5.74) is 2.93. The van der Waals surface area contributed by atoms with E-state index in [1.165, 1.54) is 0 Å². The van der Waals surface area contributed by atoms with Gasteiger partial charge in [0.05, 0.1) is 18.8 Å². The average Bonchev–Trinajstić information content (AvgIpc) is 2.47. The lowest BCUT2D eigenvalue weighted by atomic mass is 9.90. The molecule has 0 saturated carbocycles. The fourth-order valence-corrected chi connectivity index (χ4v) is 2.35. The van der Waals surface area contributed by atoms with Crippen LogP contribution in [0.3, 0.4) is 0 Å². The van der Waals surface area contributed by atoms with Crippen molar-refractivity contribution in [1.29, 1.82) is 0 Å². The highest BCUT2D eigenvalue weighted by molar-refractivity contribution is 5.88. The molecule has 0 amide bonds. The molecule has 0 atom stereocenters. The van der Waals surface area contributed by atoms with Gasteiger partial charge in [0.25, 0.3) is 0 Å². The predicted octanol–water partition coefficient (Wildman–Crippen LogP) is 2.75. The highest BCUT2D eigenvalue weighted by atomic mass is 16.7. The van der Waals surface area contributed by atoms with Crippen LogP contribution in [0, 0.1) is 0 Å².